The van der Waals surface area contributed by atoms with Crippen LogP contribution < -0.4 is 10.5 Å². The molecule has 3 N–H and O–H groups in total. The average Bonchev–Trinajstić information content (AvgIpc) is 2.38. The fraction of sp³-hybridized carbons (Fsp3) is 0.143. The quantitative estimate of drug-likeness (QED) is 0.719. The van der Waals surface area contributed by atoms with Crippen LogP contribution in [0.4, 0.5) is 5.69 Å². The lowest BCUT2D eigenvalue weighted by Gasteiger charge is -2.15. The smallest absolute Gasteiger partial charge is 0.242 e. The first-order chi connectivity index (χ1) is 9.79. The van der Waals surface area contributed by atoms with Crippen LogP contribution in [0.2, 0.25) is 0 Å². The normalized spacial score (nSPS) is 13.1. The van der Waals surface area contributed by atoms with E-state index in [-0.39, 0.29) is 10.9 Å². The van der Waals surface area contributed by atoms with Crippen molar-refractivity contribution in [3.63, 3.8) is 0 Å². The predicted octanol–water partition coefficient (Wildman–Crippen LogP) is 3.83. The van der Waals surface area contributed by atoms with Gasteiger partial charge < -0.3 is 5.73 Å². The number of hydrogen-bond acceptors (Lipinski definition) is 3. The standard InChI is InChI=1S/C14H14Br2N2O2S/c1-9(10-2-4-11(15)5-3-10)18-21(19,20)14-7-6-12(17)8-13(14)16/h2-9,18H,17H2,1H3. The average molecular weight is 434 g/mol. The first-order valence-corrected chi connectivity index (χ1v) is 9.19. The SMILES string of the molecule is CC(NS(=O)(=O)c1ccc(N)cc1Br)c1ccc(Br)cc1. The third-order valence-electron chi connectivity index (χ3n) is 2.95. The molecule has 0 amide bonds. The number of nitrogens with two attached hydrogens (primary N) is 1. The third kappa shape index (κ3) is 4.06. The van der Waals surface area contributed by atoms with Gasteiger partial charge >= 0.3 is 0 Å². The van der Waals surface area contributed by atoms with Gasteiger partial charge in [0.05, 0.1) is 4.90 Å². The van der Waals surface area contributed by atoms with Crippen molar-refractivity contribution in [3.8, 4) is 0 Å². The van der Waals surface area contributed by atoms with Crippen LogP contribution >= 0.6 is 31.9 Å². The minimum absolute atomic E-state index is 0.167. The van der Waals surface area contributed by atoms with E-state index in [0.29, 0.717) is 10.2 Å². The zero-order valence-corrected chi connectivity index (χ0v) is 15.2. The first kappa shape index (κ1) is 16.5. The molecular formula is C14H14Br2N2O2S. The summed E-state index contributed by atoms with van der Waals surface area (Å²) in [5.41, 5.74) is 7.01. The second-order valence-corrected chi connectivity index (χ2v) is 8.04. The summed E-state index contributed by atoms with van der Waals surface area (Å²) in [5, 5.41) is 0. The van der Waals surface area contributed by atoms with E-state index < -0.39 is 10.0 Å². The van der Waals surface area contributed by atoms with Crippen molar-refractivity contribution >= 4 is 47.6 Å². The Morgan fingerprint density at radius 1 is 1.10 bits per heavy atom. The molecule has 7 heteroatoms. The van der Waals surface area contributed by atoms with Crippen LogP contribution in [0.15, 0.2) is 56.3 Å². The summed E-state index contributed by atoms with van der Waals surface area (Å²) in [6.07, 6.45) is 0. The number of nitrogen functional groups attached to an aromatic ring is 1. The second-order valence-electron chi connectivity index (χ2n) is 4.58. The van der Waals surface area contributed by atoms with Gasteiger partial charge in [-0.25, -0.2) is 13.1 Å². The summed E-state index contributed by atoms with van der Waals surface area (Å²) in [6, 6.07) is 11.8. The van der Waals surface area contributed by atoms with Crippen molar-refractivity contribution in [1.29, 1.82) is 0 Å². The van der Waals surface area contributed by atoms with Crippen LogP contribution in [-0.4, -0.2) is 8.42 Å². The summed E-state index contributed by atoms with van der Waals surface area (Å²) in [7, 11) is -3.63. The van der Waals surface area contributed by atoms with Crippen molar-refractivity contribution in [2.75, 3.05) is 5.73 Å². The van der Waals surface area contributed by atoms with Crippen LogP contribution in [0.25, 0.3) is 0 Å². The molecule has 1 atom stereocenters. The molecule has 112 valence electrons. The van der Waals surface area contributed by atoms with Gasteiger partial charge in [-0.15, -0.1) is 0 Å². The van der Waals surface area contributed by atoms with Crippen molar-refractivity contribution in [2.24, 2.45) is 0 Å². The summed E-state index contributed by atoms with van der Waals surface area (Å²) in [5.74, 6) is 0. The molecule has 0 aliphatic carbocycles. The van der Waals surface area contributed by atoms with Crippen LogP contribution in [0, 0.1) is 0 Å². The van der Waals surface area contributed by atoms with Gasteiger partial charge in [-0.05, 0) is 58.7 Å². The maximum absolute atomic E-state index is 12.4. The number of halogens is 2. The Balaban J connectivity index is 2.26. The predicted molar refractivity (Wildman–Crippen MR) is 91.4 cm³/mol. The molecule has 0 fully saturated rings. The van der Waals surface area contributed by atoms with E-state index in [4.69, 9.17) is 5.73 Å². The lowest BCUT2D eigenvalue weighted by molar-refractivity contribution is 0.566. The topological polar surface area (TPSA) is 72.2 Å². The van der Waals surface area contributed by atoms with Gasteiger partial charge in [0.25, 0.3) is 0 Å². The Labute approximate surface area is 141 Å². The van der Waals surface area contributed by atoms with E-state index >= 15 is 0 Å². The van der Waals surface area contributed by atoms with E-state index in [1.165, 1.54) is 6.07 Å². The van der Waals surface area contributed by atoms with Crippen molar-refractivity contribution in [2.45, 2.75) is 17.9 Å². The van der Waals surface area contributed by atoms with Crippen LogP contribution in [0.3, 0.4) is 0 Å². The molecule has 0 saturated heterocycles. The lowest BCUT2D eigenvalue weighted by atomic mass is 10.1. The van der Waals surface area contributed by atoms with Gasteiger partial charge in [-0.2, -0.15) is 0 Å². The van der Waals surface area contributed by atoms with E-state index in [9.17, 15) is 8.42 Å². The number of sulfonamides is 1. The number of benzene rings is 2. The van der Waals surface area contributed by atoms with Gasteiger partial charge in [-0.1, -0.05) is 28.1 Å². The summed E-state index contributed by atoms with van der Waals surface area (Å²) in [6.45, 7) is 1.80. The van der Waals surface area contributed by atoms with Crippen LogP contribution in [0.5, 0.6) is 0 Å². The van der Waals surface area contributed by atoms with Crippen molar-refractivity contribution in [3.05, 3.63) is 57.0 Å². The first-order valence-electron chi connectivity index (χ1n) is 6.12. The maximum Gasteiger partial charge on any atom is 0.242 e. The van der Waals surface area contributed by atoms with Gasteiger partial charge in [0, 0.05) is 20.7 Å². The zero-order chi connectivity index (χ0) is 15.6. The fourth-order valence-corrected chi connectivity index (χ4v) is 4.44. The highest BCUT2D eigenvalue weighted by Gasteiger charge is 2.21. The molecule has 0 aliphatic heterocycles. The largest absolute Gasteiger partial charge is 0.399 e. The molecule has 0 radical (unpaired) electrons. The summed E-state index contributed by atoms with van der Waals surface area (Å²) in [4.78, 5) is 0.167. The lowest BCUT2D eigenvalue weighted by Crippen LogP contribution is -2.27. The van der Waals surface area contributed by atoms with Crippen molar-refractivity contribution in [1.82, 2.24) is 4.72 Å². The monoisotopic (exact) mass is 432 g/mol. The molecule has 0 bridgehead atoms. The second kappa shape index (κ2) is 6.48. The minimum atomic E-state index is -3.63. The van der Waals surface area contributed by atoms with E-state index in [0.717, 1.165) is 10.0 Å². The number of nitrogens with one attached hydrogen (secondary N) is 1. The Kier molecular flexibility index (Phi) is 5.08. The molecule has 2 aromatic carbocycles. The highest BCUT2D eigenvalue weighted by atomic mass is 79.9. The molecule has 0 aliphatic rings. The molecule has 0 heterocycles. The minimum Gasteiger partial charge on any atom is -0.399 e. The molecule has 21 heavy (non-hydrogen) atoms. The highest BCUT2D eigenvalue weighted by Crippen LogP contribution is 2.26. The van der Waals surface area contributed by atoms with E-state index in [2.05, 4.69) is 36.6 Å². The molecule has 2 rings (SSSR count). The Hall–Kier alpha value is -0.890. The molecular weight excluding hydrogens is 420 g/mol. The molecule has 1 unspecified atom stereocenters. The van der Waals surface area contributed by atoms with Gasteiger partial charge in [0.2, 0.25) is 10.0 Å². The van der Waals surface area contributed by atoms with Gasteiger partial charge in [0.15, 0.2) is 0 Å². The Bertz CT molecular complexity index is 746. The highest BCUT2D eigenvalue weighted by molar-refractivity contribution is 9.10. The Morgan fingerprint density at radius 3 is 2.29 bits per heavy atom. The molecule has 4 nitrogen and oxygen atoms in total. The molecule has 0 spiro atoms. The van der Waals surface area contributed by atoms with E-state index in [1.54, 1.807) is 19.1 Å². The van der Waals surface area contributed by atoms with Crippen LogP contribution in [0.1, 0.15) is 18.5 Å². The summed E-state index contributed by atoms with van der Waals surface area (Å²) >= 11 is 6.59. The van der Waals surface area contributed by atoms with E-state index in [1.807, 2.05) is 24.3 Å². The van der Waals surface area contributed by atoms with Crippen LogP contribution in [-0.2, 0) is 10.0 Å². The Morgan fingerprint density at radius 2 is 1.71 bits per heavy atom. The molecule has 0 saturated carbocycles. The maximum atomic E-state index is 12.4. The molecule has 0 aromatic heterocycles. The summed E-state index contributed by atoms with van der Waals surface area (Å²) < 4.78 is 28.9. The van der Waals surface area contributed by atoms with Gasteiger partial charge in [-0.3, -0.25) is 0 Å². The number of anilines is 1. The fourth-order valence-electron chi connectivity index (χ4n) is 1.85. The number of hydrogen-bond donors (Lipinski definition) is 2. The van der Waals surface area contributed by atoms with Gasteiger partial charge in [0.1, 0.15) is 0 Å². The zero-order valence-electron chi connectivity index (χ0n) is 11.2. The third-order valence-corrected chi connectivity index (χ3v) is 5.99. The number of rotatable bonds is 4. The molecule has 2 aromatic rings. The van der Waals surface area contributed by atoms with Crippen molar-refractivity contribution < 1.29 is 8.42 Å².